The Kier molecular flexibility index (Phi) is 12.0. The molecule has 6 heteroatoms. The minimum absolute atomic E-state index is 0.0209. The van der Waals surface area contributed by atoms with Crippen LogP contribution in [0.3, 0.4) is 0 Å². The van der Waals surface area contributed by atoms with Crippen LogP contribution in [0.1, 0.15) is 112 Å². The molecule has 0 N–H and O–H groups in total. The summed E-state index contributed by atoms with van der Waals surface area (Å²) in [6.45, 7) is 7.32. The summed E-state index contributed by atoms with van der Waals surface area (Å²) in [4.78, 5) is 0. The third-order valence-electron chi connectivity index (χ3n) is 8.54. The number of unbranched alkanes of at least 4 members (excludes halogenated alkanes) is 2. The van der Waals surface area contributed by atoms with Crippen molar-refractivity contribution in [3.05, 3.63) is 77.1 Å². The summed E-state index contributed by atoms with van der Waals surface area (Å²) in [6.07, 6.45) is 12.3. The van der Waals surface area contributed by atoms with E-state index in [0.29, 0.717) is 29.0 Å². The van der Waals surface area contributed by atoms with Gasteiger partial charge < -0.3 is 14.2 Å². The first-order chi connectivity index (χ1) is 19.5. The van der Waals surface area contributed by atoms with Crippen LogP contribution in [0.5, 0.6) is 5.75 Å². The fourth-order valence-corrected chi connectivity index (χ4v) is 6.05. The second kappa shape index (κ2) is 15.6. The molecule has 0 aromatic heterocycles. The Bertz CT molecular complexity index is 1070. The highest BCUT2D eigenvalue weighted by molar-refractivity contribution is 5.32. The third-order valence-corrected chi connectivity index (χ3v) is 8.54. The van der Waals surface area contributed by atoms with Gasteiger partial charge in [0.15, 0.2) is 11.6 Å². The number of rotatable bonds is 14. The Labute approximate surface area is 238 Å². The lowest BCUT2D eigenvalue weighted by Crippen LogP contribution is -2.23. The van der Waals surface area contributed by atoms with E-state index in [9.17, 15) is 4.39 Å². The van der Waals surface area contributed by atoms with Crippen LogP contribution in [0.4, 0.5) is 13.2 Å². The first kappa shape index (κ1) is 30.6. The molecule has 2 aromatic rings. The molecule has 2 aromatic carbocycles. The van der Waals surface area contributed by atoms with E-state index >= 15 is 8.78 Å². The fraction of sp³-hybridized carbons (Fsp3) is 0.588. The second-order valence-corrected chi connectivity index (χ2v) is 11.4. The minimum atomic E-state index is -0.683. The molecule has 2 aliphatic carbocycles. The Morgan fingerprint density at radius 2 is 1.38 bits per heavy atom. The Balaban J connectivity index is 1.24. The zero-order chi connectivity index (χ0) is 28.3. The van der Waals surface area contributed by atoms with E-state index in [1.807, 2.05) is 12.1 Å². The third kappa shape index (κ3) is 8.36. The van der Waals surface area contributed by atoms with Gasteiger partial charge in [0.2, 0.25) is 0 Å². The molecular weight excluding hydrogens is 513 g/mol. The zero-order valence-corrected chi connectivity index (χ0v) is 23.9. The summed E-state index contributed by atoms with van der Waals surface area (Å²) in [7, 11) is 0. The number of hydrogen-bond donors (Lipinski definition) is 0. The molecule has 0 bridgehead atoms. The first-order valence-electron chi connectivity index (χ1n) is 15.2. The number of benzene rings is 2. The molecule has 2 fully saturated rings. The zero-order valence-electron chi connectivity index (χ0n) is 23.9. The van der Waals surface area contributed by atoms with Crippen molar-refractivity contribution in [2.75, 3.05) is 13.2 Å². The highest BCUT2D eigenvalue weighted by Crippen LogP contribution is 2.40. The van der Waals surface area contributed by atoms with Crippen LogP contribution >= 0.6 is 0 Å². The molecule has 0 radical (unpaired) electrons. The van der Waals surface area contributed by atoms with Crippen LogP contribution in [0, 0.1) is 17.5 Å². The highest BCUT2D eigenvalue weighted by Gasteiger charge is 2.30. The molecule has 4 rings (SSSR count). The van der Waals surface area contributed by atoms with E-state index in [0.717, 1.165) is 83.7 Å². The van der Waals surface area contributed by atoms with Crippen molar-refractivity contribution in [2.24, 2.45) is 0 Å². The van der Waals surface area contributed by atoms with Crippen molar-refractivity contribution < 1.29 is 27.4 Å². The fourth-order valence-electron chi connectivity index (χ4n) is 6.05. The molecule has 0 saturated heterocycles. The average Bonchev–Trinajstić information content (AvgIpc) is 2.97. The van der Waals surface area contributed by atoms with E-state index in [1.165, 1.54) is 6.07 Å². The maximum absolute atomic E-state index is 15.3. The Morgan fingerprint density at radius 1 is 0.775 bits per heavy atom. The molecule has 2 aliphatic rings. The largest absolute Gasteiger partial charge is 0.493 e. The quantitative estimate of drug-likeness (QED) is 0.171. The SMILES string of the molecule is C=CCCCOc1ccc(COC2CCC(c3ccc(C4CCC(OCCCC)CC4)c(F)c3F)CC2)c(F)c1. The van der Waals surface area contributed by atoms with Crippen molar-refractivity contribution in [3.63, 3.8) is 0 Å². The van der Waals surface area contributed by atoms with Crippen LogP contribution in [0.25, 0.3) is 0 Å². The number of ether oxygens (including phenoxy) is 3. The van der Waals surface area contributed by atoms with Gasteiger partial charge in [0, 0.05) is 18.2 Å². The molecule has 0 spiro atoms. The normalized spacial score (nSPS) is 23.2. The molecule has 0 aliphatic heterocycles. The summed E-state index contributed by atoms with van der Waals surface area (Å²) in [6, 6.07) is 8.49. The van der Waals surface area contributed by atoms with Crippen LogP contribution < -0.4 is 4.74 Å². The summed E-state index contributed by atoms with van der Waals surface area (Å²) in [5.41, 5.74) is 1.48. The molecule has 0 atom stereocenters. The van der Waals surface area contributed by atoms with Crippen molar-refractivity contribution in [1.29, 1.82) is 0 Å². The lowest BCUT2D eigenvalue weighted by molar-refractivity contribution is 0.0118. The van der Waals surface area contributed by atoms with Gasteiger partial charge in [-0.2, -0.15) is 0 Å². The number of allylic oxidation sites excluding steroid dienone is 1. The molecule has 0 heterocycles. The second-order valence-electron chi connectivity index (χ2n) is 11.4. The van der Waals surface area contributed by atoms with Crippen molar-refractivity contribution >= 4 is 0 Å². The van der Waals surface area contributed by atoms with Gasteiger partial charge in [0.1, 0.15) is 11.6 Å². The summed E-state index contributed by atoms with van der Waals surface area (Å²) in [5.74, 6) is -1.16. The topological polar surface area (TPSA) is 27.7 Å². The molecule has 40 heavy (non-hydrogen) atoms. The minimum Gasteiger partial charge on any atom is -0.493 e. The summed E-state index contributed by atoms with van der Waals surface area (Å²) < 4.78 is 62.5. The monoisotopic (exact) mass is 558 g/mol. The van der Waals surface area contributed by atoms with E-state index in [-0.39, 0.29) is 36.5 Å². The summed E-state index contributed by atoms with van der Waals surface area (Å²) >= 11 is 0. The van der Waals surface area contributed by atoms with Crippen LogP contribution in [0.15, 0.2) is 43.0 Å². The van der Waals surface area contributed by atoms with E-state index in [4.69, 9.17) is 14.2 Å². The first-order valence-corrected chi connectivity index (χ1v) is 15.2. The Hall–Kier alpha value is -2.31. The maximum atomic E-state index is 15.3. The Morgan fingerprint density at radius 3 is 1.93 bits per heavy atom. The lowest BCUT2D eigenvalue weighted by Gasteiger charge is -2.31. The van der Waals surface area contributed by atoms with Gasteiger partial charge in [0.25, 0.3) is 0 Å². The standard InChI is InChI=1S/C34H45F3O3/c1-3-5-7-21-39-29-17-12-26(32(35)22-29)23-40-28-15-10-25(11-16-28)31-19-18-30(33(36)34(31)37)24-8-13-27(14-9-24)38-20-6-4-2/h3,12,17-19,22,24-25,27-28H,1,4-11,13-16,20-21,23H2,2H3. The van der Waals surface area contributed by atoms with Crippen molar-refractivity contribution in [2.45, 2.75) is 115 Å². The van der Waals surface area contributed by atoms with Gasteiger partial charge >= 0.3 is 0 Å². The van der Waals surface area contributed by atoms with Crippen molar-refractivity contribution in [1.82, 2.24) is 0 Å². The molecular formula is C34H45F3O3. The smallest absolute Gasteiger partial charge is 0.162 e. The van der Waals surface area contributed by atoms with Crippen LogP contribution in [-0.4, -0.2) is 25.4 Å². The van der Waals surface area contributed by atoms with Gasteiger partial charge in [0.05, 0.1) is 25.4 Å². The molecule has 220 valence electrons. The highest BCUT2D eigenvalue weighted by atomic mass is 19.2. The lowest BCUT2D eigenvalue weighted by atomic mass is 9.79. The predicted molar refractivity (Wildman–Crippen MR) is 153 cm³/mol. The molecule has 0 unspecified atom stereocenters. The van der Waals surface area contributed by atoms with Gasteiger partial charge in [-0.3, -0.25) is 0 Å². The molecule has 2 saturated carbocycles. The number of halogens is 3. The van der Waals surface area contributed by atoms with Gasteiger partial charge in [-0.25, -0.2) is 13.2 Å². The molecule has 3 nitrogen and oxygen atoms in total. The van der Waals surface area contributed by atoms with Gasteiger partial charge in [-0.05, 0) is 99.7 Å². The van der Waals surface area contributed by atoms with Crippen molar-refractivity contribution in [3.8, 4) is 5.75 Å². The maximum Gasteiger partial charge on any atom is 0.162 e. The predicted octanol–water partition coefficient (Wildman–Crippen LogP) is 9.53. The van der Waals surface area contributed by atoms with E-state index < -0.39 is 11.6 Å². The van der Waals surface area contributed by atoms with Gasteiger partial charge in [-0.1, -0.05) is 37.6 Å². The van der Waals surface area contributed by atoms with E-state index in [1.54, 1.807) is 18.2 Å². The van der Waals surface area contributed by atoms with E-state index in [2.05, 4.69) is 13.5 Å². The summed E-state index contributed by atoms with van der Waals surface area (Å²) in [5, 5.41) is 0. The van der Waals surface area contributed by atoms with Gasteiger partial charge in [-0.15, -0.1) is 6.58 Å². The number of hydrogen-bond acceptors (Lipinski definition) is 3. The average molecular weight is 559 g/mol. The molecule has 0 amide bonds. The van der Waals surface area contributed by atoms with Crippen LogP contribution in [-0.2, 0) is 16.1 Å². The van der Waals surface area contributed by atoms with Crippen LogP contribution in [0.2, 0.25) is 0 Å².